The molecule has 2 amide bonds. The minimum atomic E-state index is -0.451. The summed E-state index contributed by atoms with van der Waals surface area (Å²) in [6.45, 7) is 4.07. The van der Waals surface area contributed by atoms with Gasteiger partial charge in [0, 0.05) is 19.2 Å². The smallest absolute Gasteiger partial charge is 0.242 e. The molecule has 2 aromatic carbocycles. The molecule has 27 heavy (non-hydrogen) atoms. The molecule has 1 fully saturated rings. The van der Waals surface area contributed by atoms with Crippen LogP contribution in [0, 0.1) is 6.92 Å². The van der Waals surface area contributed by atoms with Crippen LogP contribution < -0.4 is 5.32 Å². The molecule has 1 unspecified atom stereocenters. The van der Waals surface area contributed by atoms with Gasteiger partial charge >= 0.3 is 0 Å². The van der Waals surface area contributed by atoms with Gasteiger partial charge in [-0.2, -0.15) is 0 Å². The predicted molar refractivity (Wildman–Crippen MR) is 111 cm³/mol. The molecule has 2 aromatic rings. The molecule has 0 spiro atoms. The zero-order valence-corrected chi connectivity index (χ0v) is 16.5. The van der Waals surface area contributed by atoms with E-state index in [4.69, 9.17) is 0 Å². The van der Waals surface area contributed by atoms with Gasteiger partial charge in [0.15, 0.2) is 5.17 Å². The monoisotopic (exact) mass is 381 g/mol. The van der Waals surface area contributed by atoms with Crippen LogP contribution >= 0.6 is 11.8 Å². The second-order valence-electron chi connectivity index (χ2n) is 6.50. The molecule has 1 aliphatic heterocycles. The van der Waals surface area contributed by atoms with Gasteiger partial charge in [0.25, 0.3) is 0 Å². The Hall–Kier alpha value is -2.60. The highest BCUT2D eigenvalue weighted by Crippen LogP contribution is 2.31. The van der Waals surface area contributed by atoms with Gasteiger partial charge in [0.1, 0.15) is 5.25 Å². The normalized spacial score (nSPS) is 18.2. The van der Waals surface area contributed by atoms with Gasteiger partial charge in [-0.05, 0) is 37.1 Å². The molecule has 0 aromatic heterocycles. The Morgan fingerprint density at radius 1 is 1.19 bits per heavy atom. The lowest BCUT2D eigenvalue weighted by Gasteiger charge is -2.10. The highest BCUT2D eigenvalue weighted by atomic mass is 32.2. The van der Waals surface area contributed by atoms with Crippen LogP contribution in [0.3, 0.4) is 0 Å². The fourth-order valence-corrected chi connectivity index (χ4v) is 3.98. The fourth-order valence-electron chi connectivity index (χ4n) is 2.84. The summed E-state index contributed by atoms with van der Waals surface area (Å²) in [4.78, 5) is 31.1. The van der Waals surface area contributed by atoms with Crippen LogP contribution in [-0.2, 0) is 16.0 Å². The van der Waals surface area contributed by atoms with Crippen molar-refractivity contribution in [3.63, 3.8) is 0 Å². The highest BCUT2D eigenvalue weighted by Gasteiger charge is 2.37. The summed E-state index contributed by atoms with van der Waals surface area (Å²) in [7, 11) is 1.71. The van der Waals surface area contributed by atoms with E-state index in [9.17, 15) is 9.59 Å². The van der Waals surface area contributed by atoms with Crippen molar-refractivity contribution in [3.05, 3.63) is 59.7 Å². The van der Waals surface area contributed by atoms with Crippen molar-refractivity contribution in [1.82, 2.24) is 4.90 Å². The van der Waals surface area contributed by atoms with Crippen molar-refractivity contribution in [2.75, 3.05) is 12.4 Å². The molecular formula is C21H23N3O2S. The molecule has 0 bridgehead atoms. The second-order valence-corrected chi connectivity index (χ2v) is 7.67. The van der Waals surface area contributed by atoms with E-state index >= 15 is 0 Å². The molecule has 0 radical (unpaired) electrons. The zero-order chi connectivity index (χ0) is 19.4. The molecule has 0 aliphatic carbocycles. The lowest BCUT2D eigenvalue weighted by Crippen LogP contribution is -2.30. The first-order chi connectivity index (χ1) is 13.0. The quantitative estimate of drug-likeness (QED) is 0.846. The highest BCUT2D eigenvalue weighted by molar-refractivity contribution is 8.15. The Bertz CT molecular complexity index is 877. The van der Waals surface area contributed by atoms with Gasteiger partial charge in [0.05, 0.1) is 5.69 Å². The third-order valence-corrected chi connectivity index (χ3v) is 5.66. The fraction of sp³-hybridized carbons (Fsp3) is 0.286. The van der Waals surface area contributed by atoms with Crippen LogP contribution in [0.5, 0.6) is 0 Å². The van der Waals surface area contributed by atoms with Gasteiger partial charge in [-0.15, -0.1) is 0 Å². The Balaban J connectivity index is 1.69. The first-order valence-electron chi connectivity index (χ1n) is 8.95. The van der Waals surface area contributed by atoms with Gasteiger partial charge in [-0.1, -0.05) is 54.6 Å². The number of amides is 2. The van der Waals surface area contributed by atoms with E-state index in [1.165, 1.54) is 11.8 Å². The molecule has 5 nitrogen and oxygen atoms in total. The number of amidine groups is 1. The Morgan fingerprint density at radius 3 is 2.59 bits per heavy atom. The van der Waals surface area contributed by atoms with E-state index in [1.807, 2.05) is 55.5 Å². The standard InChI is InChI=1S/C21H23N3O2S/c1-4-15-7-5-6-8-17(15)23-21-24(3)20(26)18(27-21)13-19(25)22-16-11-9-14(2)10-12-16/h5-12,18H,4,13H2,1-3H3,(H,22,25). The van der Waals surface area contributed by atoms with Crippen LogP contribution in [0.2, 0.25) is 0 Å². The van der Waals surface area contributed by atoms with Crippen molar-refractivity contribution >= 4 is 40.1 Å². The van der Waals surface area contributed by atoms with Crippen LogP contribution in [0.25, 0.3) is 0 Å². The number of aliphatic imine (C=N–C) groups is 1. The third kappa shape index (κ3) is 4.57. The van der Waals surface area contributed by atoms with Crippen molar-refractivity contribution in [3.8, 4) is 0 Å². The van der Waals surface area contributed by atoms with E-state index in [0.29, 0.717) is 5.17 Å². The van der Waals surface area contributed by atoms with Gasteiger partial charge in [0.2, 0.25) is 11.8 Å². The molecule has 1 atom stereocenters. The molecule has 1 N–H and O–H groups in total. The summed E-state index contributed by atoms with van der Waals surface area (Å²) < 4.78 is 0. The Kier molecular flexibility index (Phi) is 5.96. The molecule has 6 heteroatoms. The number of anilines is 1. The zero-order valence-electron chi connectivity index (χ0n) is 15.7. The number of nitrogens with zero attached hydrogens (tertiary/aromatic N) is 2. The summed E-state index contributed by atoms with van der Waals surface area (Å²) in [6, 6.07) is 15.5. The number of carbonyl (C=O) groups is 2. The van der Waals surface area contributed by atoms with E-state index in [2.05, 4.69) is 17.2 Å². The van der Waals surface area contributed by atoms with Crippen LogP contribution in [0.1, 0.15) is 24.5 Å². The Labute approximate surface area is 163 Å². The number of para-hydroxylation sites is 1. The minimum Gasteiger partial charge on any atom is -0.326 e. The van der Waals surface area contributed by atoms with Crippen molar-refractivity contribution in [1.29, 1.82) is 0 Å². The molecule has 1 heterocycles. The minimum absolute atomic E-state index is 0.0909. The van der Waals surface area contributed by atoms with E-state index in [-0.39, 0.29) is 18.2 Å². The summed E-state index contributed by atoms with van der Waals surface area (Å²) >= 11 is 1.35. The lowest BCUT2D eigenvalue weighted by atomic mass is 10.1. The molecule has 3 rings (SSSR count). The van der Waals surface area contributed by atoms with Gasteiger partial charge in [-0.3, -0.25) is 14.5 Å². The number of hydrogen-bond donors (Lipinski definition) is 1. The number of carbonyl (C=O) groups excluding carboxylic acids is 2. The second kappa shape index (κ2) is 8.39. The first kappa shape index (κ1) is 19.2. The maximum absolute atomic E-state index is 12.5. The average molecular weight is 382 g/mol. The topological polar surface area (TPSA) is 61.8 Å². The third-order valence-electron chi connectivity index (χ3n) is 4.44. The SMILES string of the molecule is CCc1ccccc1N=C1SC(CC(=O)Nc2ccc(C)cc2)C(=O)N1C. The van der Waals surface area contributed by atoms with Crippen molar-refractivity contribution < 1.29 is 9.59 Å². The van der Waals surface area contributed by atoms with Crippen LogP contribution in [0.4, 0.5) is 11.4 Å². The summed E-state index contributed by atoms with van der Waals surface area (Å²) in [6.07, 6.45) is 0.994. The number of rotatable bonds is 5. The van der Waals surface area contributed by atoms with E-state index in [1.54, 1.807) is 11.9 Å². The van der Waals surface area contributed by atoms with Crippen LogP contribution in [-0.4, -0.2) is 34.2 Å². The maximum atomic E-state index is 12.5. The number of aryl methyl sites for hydroxylation is 2. The summed E-state index contributed by atoms with van der Waals surface area (Å²) in [5.74, 6) is -0.264. The molecule has 1 aliphatic rings. The average Bonchev–Trinajstić information content (AvgIpc) is 2.92. The molecule has 1 saturated heterocycles. The predicted octanol–water partition coefficient (Wildman–Crippen LogP) is 4.15. The number of hydrogen-bond acceptors (Lipinski definition) is 4. The van der Waals surface area contributed by atoms with Crippen molar-refractivity contribution in [2.24, 2.45) is 4.99 Å². The number of thioether (sulfide) groups is 1. The summed E-state index contributed by atoms with van der Waals surface area (Å²) in [5, 5.41) is 3.03. The number of benzene rings is 2. The molecular weight excluding hydrogens is 358 g/mol. The van der Waals surface area contributed by atoms with Crippen molar-refractivity contribution in [2.45, 2.75) is 31.9 Å². The molecule has 140 valence electrons. The molecule has 0 saturated carbocycles. The van der Waals surface area contributed by atoms with Crippen LogP contribution in [0.15, 0.2) is 53.5 Å². The number of nitrogens with one attached hydrogen (secondary N) is 1. The van der Waals surface area contributed by atoms with Gasteiger partial charge < -0.3 is 5.32 Å². The van der Waals surface area contributed by atoms with E-state index in [0.717, 1.165) is 28.9 Å². The lowest BCUT2D eigenvalue weighted by molar-refractivity contribution is -0.127. The van der Waals surface area contributed by atoms with E-state index < -0.39 is 5.25 Å². The van der Waals surface area contributed by atoms with Gasteiger partial charge in [-0.25, -0.2) is 4.99 Å². The Morgan fingerprint density at radius 2 is 1.89 bits per heavy atom. The first-order valence-corrected chi connectivity index (χ1v) is 9.83. The summed E-state index contributed by atoms with van der Waals surface area (Å²) in [5.41, 5.74) is 3.86. The maximum Gasteiger partial charge on any atom is 0.242 e. The largest absolute Gasteiger partial charge is 0.326 e.